The molecule has 0 radical (unpaired) electrons. The van der Waals surface area contributed by atoms with Crippen molar-refractivity contribution in [3.63, 3.8) is 0 Å². The molecule has 7 heteroatoms. The monoisotopic (exact) mass is 488 g/mol. The number of carbonyl (C=O) groups is 1. The Morgan fingerprint density at radius 2 is 1.94 bits per heavy atom. The van der Waals surface area contributed by atoms with Gasteiger partial charge in [-0.3, -0.25) is 9.89 Å². The molecule has 0 saturated heterocycles. The smallest absolute Gasteiger partial charge is 0.205 e. The summed E-state index contributed by atoms with van der Waals surface area (Å²) in [5, 5.41) is 25.7. The Kier molecular flexibility index (Phi) is 4.97. The van der Waals surface area contributed by atoms with E-state index in [1.165, 1.54) is 11.1 Å². The summed E-state index contributed by atoms with van der Waals surface area (Å²) in [6.45, 7) is 4.73. The zero-order valence-electron chi connectivity index (χ0n) is 21.1. The topological polar surface area (TPSA) is 99.3 Å². The molecule has 1 aromatic carbocycles. The number of carbonyl (C=O) groups excluding carboxylic acids is 1. The van der Waals surface area contributed by atoms with E-state index in [4.69, 9.17) is 4.74 Å². The number of anilines is 2. The van der Waals surface area contributed by atoms with Crippen LogP contribution in [0.4, 0.5) is 11.4 Å². The van der Waals surface area contributed by atoms with Crippen molar-refractivity contribution in [1.82, 2.24) is 10.2 Å². The van der Waals surface area contributed by atoms with Gasteiger partial charge in [-0.1, -0.05) is 31.6 Å². The number of hydrogen-bond donors (Lipinski definition) is 4. The number of aliphatic hydroxyl groups excluding tert-OH is 1. The van der Waals surface area contributed by atoms with Gasteiger partial charge in [0.15, 0.2) is 5.78 Å². The molecule has 36 heavy (non-hydrogen) atoms. The van der Waals surface area contributed by atoms with E-state index in [9.17, 15) is 9.90 Å². The van der Waals surface area contributed by atoms with Crippen molar-refractivity contribution in [2.45, 2.75) is 64.8 Å². The number of ether oxygens (including phenoxy) is 1. The molecule has 4 aliphatic carbocycles. The van der Waals surface area contributed by atoms with Crippen LogP contribution in [0.1, 0.15) is 57.2 Å². The van der Waals surface area contributed by atoms with Gasteiger partial charge in [-0.25, -0.2) is 0 Å². The standard InChI is InChI=1S/C29H36N4O3/c1-28-12-16-14-30-33-23(16)11-17(28)7-8-18-19-9-10-20(29(19,2)13-24(34)26(18)28)25(35)15-36-27-31-21-5-3-4-6-22(21)32-27/h3-6,11,14,18-20,24,26-27,31-32,34H,7-10,12-13,15H2,1-2H3,(H,30,33). The van der Waals surface area contributed by atoms with Gasteiger partial charge < -0.3 is 20.5 Å². The Morgan fingerprint density at radius 1 is 1.17 bits per heavy atom. The molecule has 7 unspecified atom stereocenters. The lowest BCUT2D eigenvalue weighted by Gasteiger charge is -2.59. The van der Waals surface area contributed by atoms with Gasteiger partial charge >= 0.3 is 0 Å². The Balaban J connectivity index is 1.08. The number of H-pyrrole nitrogens is 1. The number of nitrogens with zero attached hydrogens (tertiary/aromatic N) is 1. The van der Waals surface area contributed by atoms with E-state index in [0.29, 0.717) is 18.3 Å². The van der Waals surface area contributed by atoms with E-state index in [1.54, 1.807) is 0 Å². The zero-order chi connectivity index (χ0) is 24.7. The first-order valence-corrected chi connectivity index (χ1v) is 13.5. The van der Waals surface area contributed by atoms with Crippen molar-refractivity contribution in [3.05, 3.63) is 47.3 Å². The maximum atomic E-state index is 13.5. The molecule has 0 bridgehead atoms. The predicted molar refractivity (Wildman–Crippen MR) is 138 cm³/mol. The Bertz CT molecular complexity index is 1210. The minimum atomic E-state index is -0.402. The number of fused-ring (bicyclic) bond motifs is 7. The zero-order valence-corrected chi connectivity index (χ0v) is 21.1. The number of hydrogen-bond acceptors (Lipinski definition) is 6. The molecule has 190 valence electrons. The van der Waals surface area contributed by atoms with Crippen LogP contribution >= 0.6 is 0 Å². The molecular formula is C29H36N4O3. The lowest BCUT2D eigenvalue weighted by atomic mass is 9.46. The molecule has 7 atom stereocenters. The molecular weight excluding hydrogens is 452 g/mol. The number of para-hydroxylation sites is 2. The maximum Gasteiger partial charge on any atom is 0.205 e. The van der Waals surface area contributed by atoms with Gasteiger partial charge in [0.1, 0.15) is 6.61 Å². The van der Waals surface area contributed by atoms with Crippen LogP contribution in [0.15, 0.2) is 36.0 Å². The third-order valence-corrected chi connectivity index (χ3v) is 10.6. The summed E-state index contributed by atoms with van der Waals surface area (Å²) >= 11 is 0. The van der Waals surface area contributed by atoms with E-state index < -0.39 is 6.10 Å². The van der Waals surface area contributed by atoms with Crippen LogP contribution < -0.4 is 10.6 Å². The number of Topliss-reactive ketones (excluding diaryl/α,β-unsaturated/α-hetero) is 1. The number of nitrogens with one attached hydrogen (secondary N) is 3. The molecule has 1 aliphatic heterocycles. The van der Waals surface area contributed by atoms with E-state index in [2.05, 4.69) is 40.8 Å². The van der Waals surface area contributed by atoms with Gasteiger partial charge in [0.2, 0.25) is 6.35 Å². The second-order valence-electron chi connectivity index (χ2n) is 12.3. The quantitative estimate of drug-likeness (QED) is 0.503. The number of aromatic nitrogens is 2. The average molecular weight is 489 g/mol. The number of ketones is 1. The molecule has 2 heterocycles. The van der Waals surface area contributed by atoms with Gasteiger partial charge in [-0.05, 0) is 90.9 Å². The SMILES string of the molecule is CC12Cc3cn[nH]c3C=C1CCC1C2C(O)CC2(C)C(C(=O)COC3Nc4ccccc4N3)CCC12. The molecule has 5 aliphatic rings. The first-order chi connectivity index (χ1) is 17.4. The first kappa shape index (κ1) is 22.5. The van der Waals surface area contributed by atoms with Crippen molar-refractivity contribution < 1.29 is 14.6 Å². The fourth-order valence-corrected chi connectivity index (χ4v) is 9.03. The van der Waals surface area contributed by atoms with Crippen molar-refractivity contribution in [2.24, 2.45) is 34.5 Å². The molecule has 1 aromatic heterocycles. The number of benzene rings is 1. The lowest BCUT2D eigenvalue weighted by molar-refractivity contribution is -0.145. The van der Waals surface area contributed by atoms with E-state index in [1.807, 2.05) is 30.5 Å². The molecule has 0 amide bonds. The fraction of sp³-hybridized carbons (Fsp3) is 0.586. The highest BCUT2D eigenvalue weighted by Gasteiger charge is 2.63. The Labute approximate surface area is 212 Å². The van der Waals surface area contributed by atoms with Crippen molar-refractivity contribution in [2.75, 3.05) is 17.2 Å². The van der Waals surface area contributed by atoms with Crippen molar-refractivity contribution in [3.8, 4) is 0 Å². The molecule has 2 aromatic rings. The molecule has 3 saturated carbocycles. The molecule has 7 nitrogen and oxygen atoms in total. The van der Waals surface area contributed by atoms with E-state index in [-0.39, 0.29) is 41.4 Å². The third kappa shape index (κ3) is 3.18. The van der Waals surface area contributed by atoms with Crippen LogP contribution in [0.25, 0.3) is 6.08 Å². The van der Waals surface area contributed by atoms with Crippen LogP contribution in [0.2, 0.25) is 0 Å². The van der Waals surface area contributed by atoms with Crippen LogP contribution in [0, 0.1) is 34.5 Å². The lowest BCUT2D eigenvalue weighted by Crippen LogP contribution is -2.57. The summed E-state index contributed by atoms with van der Waals surface area (Å²) in [6.07, 6.45) is 9.22. The summed E-state index contributed by atoms with van der Waals surface area (Å²) in [7, 11) is 0. The summed E-state index contributed by atoms with van der Waals surface area (Å²) in [5.74, 6) is 1.26. The van der Waals surface area contributed by atoms with Gasteiger partial charge in [0, 0.05) is 5.92 Å². The Hall–Kier alpha value is -2.64. The van der Waals surface area contributed by atoms with Crippen LogP contribution in [-0.4, -0.2) is 40.1 Å². The second-order valence-corrected chi connectivity index (χ2v) is 12.3. The fourth-order valence-electron chi connectivity index (χ4n) is 9.03. The normalized spacial score (nSPS) is 38.5. The second kappa shape index (κ2) is 7.93. The van der Waals surface area contributed by atoms with Crippen molar-refractivity contribution in [1.29, 1.82) is 0 Å². The summed E-state index contributed by atoms with van der Waals surface area (Å²) < 4.78 is 5.98. The van der Waals surface area contributed by atoms with Gasteiger partial charge in [0.05, 0.1) is 29.4 Å². The Morgan fingerprint density at radius 3 is 2.72 bits per heavy atom. The minimum absolute atomic E-state index is 0.0411. The molecule has 4 N–H and O–H groups in total. The summed E-state index contributed by atoms with van der Waals surface area (Å²) in [4.78, 5) is 13.5. The van der Waals surface area contributed by atoms with Crippen LogP contribution in [0.5, 0.6) is 0 Å². The number of rotatable bonds is 4. The maximum absolute atomic E-state index is 13.5. The first-order valence-electron chi connectivity index (χ1n) is 13.5. The van der Waals surface area contributed by atoms with E-state index in [0.717, 1.165) is 49.2 Å². The highest BCUT2D eigenvalue weighted by Crippen LogP contribution is 2.66. The van der Waals surface area contributed by atoms with Gasteiger partial charge in [-0.2, -0.15) is 5.10 Å². The average Bonchev–Trinajstić information content (AvgIpc) is 3.56. The highest BCUT2D eigenvalue weighted by atomic mass is 16.5. The molecule has 0 spiro atoms. The number of allylic oxidation sites excluding steroid dienone is 1. The van der Waals surface area contributed by atoms with Gasteiger partial charge in [-0.15, -0.1) is 0 Å². The van der Waals surface area contributed by atoms with Gasteiger partial charge in [0.25, 0.3) is 0 Å². The largest absolute Gasteiger partial charge is 0.393 e. The summed E-state index contributed by atoms with van der Waals surface area (Å²) in [6, 6.07) is 7.96. The van der Waals surface area contributed by atoms with Crippen molar-refractivity contribution >= 4 is 23.2 Å². The number of aliphatic hydroxyl groups is 1. The summed E-state index contributed by atoms with van der Waals surface area (Å²) in [5.41, 5.74) is 5.63. The predicted octanol–water partition coefficient (Wildman–Crippen LogP) is 4.59. The van der Waals surface area contributed by atoms with Crippen LogP contribution in [-0.2, 0) is 16.0 Å². The number of aromatic amines is 1. The third-order valence-electron chi connectivity index (χ3n) is 10.6. The molecule has 7 rings (SSSR count). The highest BCUT2D eigenvalue weighted by molar-refractivity contribution is 5.83. The van der Waals surface area contributed by atoms with E-state index >= 15 is 0 Å². The van der Waals surface area contributed by atoms with Crippen LogP contribution in [0.3, 0.4) is 0 Å². The molecule has 3 fully saturated rings. The minimum Gasteiger partial charge on any atom is -0.393 e.